The number of piperazine rings is 1. The first-order valence-electron chi connectivity index (χ1n) is 7.34. The number of aromatic nitrogens is 2. The van der Waals surface area contributed by atoms with E-state index < -0.39 is 0 Å². The van der Waals surface area contributed by atoms with Crippen LogP contribution in [0.2, 0.25) is 0 Å². The van der Waals surface area contributed by atoms with Gasteiger partial charge < -0.3 is 10.1 Å². The molecule has 1 aliphatic heterocycles. The summed E-state index contributed by atoms with van der Waals surface area (Å²) in [6.45, 7) is 3.83. The second-order valence-electron chi connectivity index (χ2n) is 5.41. The van der Waals surface area contributed by atoms with E-state index in [9.17, 15) is 0 Å². The highest BCUT2D eigenvalue weighted by Gasteiger charge is 2.26. The second-order valence-corrected chi connectivity index (χ2v) is 5.41. The second kappa shape index (κ2) is 6.28. The van der Waals surface area contributed by atoms with Crippen molar-refractivity contribution in [3.05, 3.63) is 47.8 Å². The van der Waals surface area contributed by atoms with E-state index in [-0.39, 0.29) is 0 Å². The van der Waals surface area contributed by atoms with E-state index in [0.717, 1.165) is 37.6 Å². The third-order valence-electron chi connectivity index (χ3n) is 3.99. The van der Waals surface area contributed by atoms with E-state index in [1.165, 1.54) is 5.56 Å². The number of ether oxygens (including phenoxy) is 1. The average molecular weight is 286 g/mol. The summed E-state index contributed by atoms with van der Waals surface area (Å²) in [5.74, 6) is 0.956. The molecule has 1 fully saturated rings. The summed E-state index contributed by atoms with van der Waals surface area (Å²) < 4.78 is 7.38. The molecule has 2 heterocycles. The fraction of sp³-hybridized carbons (Fsp3) is 0.438. The Labute approximate surface area is 125 Å². The van der Waals surface area contributed by atoms with Gasteiger partial charge in [-0.3, -0.25) is 9.58 Å². The van der Waals surface area contributed by atoms with Gasteiger partial charge in [0.15, 0.2) is 0 Å². The largest absolute Gasteiger partial charge is 0.496 e. The van der Waals surface area contributed by atoms with Crippen LogP contribution in [0.25, 0.3) is 0 Å². The molecule has 21 heavy (non-hydrogen) atoms. The van der Waals surface area contributed by atoms with Crippen molar-refractivity contribution in [2.24, 2.45) is 7.05 Å². The summed E-state index contributed by atoms with van der Waals surface area (Å²) in [5, 5.41) is 7.98. The molecule has 1 aromatic heterocycles. The molecule has 1 aliphatic rings. The first-order chi connectivity index (χ1) is 10.3. The number of nitrogens with one attached hydrogen (secondary N) is 1. The van der Waals surface area contributed by atoms with Crippen LogP contribution in [-0.4, -0.2) is 41.4 Å². The zero-order valence-corrected chi connectivity index (χ0v) is 12.6. The van der Waals surface area contributed by atoms with Crippen LogP contribution in [0.5, 0.6) is 5.75 Å². The predicted molar refractivity (Wildman–Crippen MR) is 82.2 cm³/mol. The van der Waals surface area contributed by atoms with Crippen molar-refractivity contribution in [2.75, 3.05) is 26.7 Å². The molecule has 0 amide bonds. The van der Waals surface area contributed by atoms with E-state index in [2.05, 4.69) is 33.5 Å². The zero-order chi connectivity index (χ0) is 14.7. The van der Waals surface area contributed by atoms with E-state index in [4.69, 9.17) is 4.74 Å². The number of benzene rings is 1. The van der Waals surface area contributed by atoms with Crippen molar-refractivity contribution in [1.29, 1.82) is 0 Å². The number of hydrogen-bond acceptors (Lipinski definition) is 4. The van der Waals surface area contributed by atoms with Gasteiger partial charge in [0.2, 0.25) is 0 Å². The Hall–Kier alpha value is -1.85. The Morgan fingerprint density at radius 3 is 2.95 bits per heavy atom. The highest BCUT2D eigenvalue weighted by atomic mass is 16.5. The fourth-order valence-corrected chi connectivity index (χ4v) is 2.94. The molecular weight excluding hydrogens is 264 g/mol. The maximum absolute atomic E-state index is 5.53. The van der Waals surface area contributed by atoms with E-state index in [1.54, 1.807) is 7.11 Å². The topological polar surface area (TPSA) is 42.3 Å². The van der Waals surface area contributed by atoms with Crippen LogP contribution < -0.4 is 10.1 Å². The number of nitrogens with zero attached hydrogens (tertiary/aromatic N) is 3. The summed E-state index contributed by atoms with van der Waals surface area (Å²) in [6, 6.07) is 10.7. The summed E-state index contributed by atoms with van der Waals surface area (Å²) in [6.07, 6.45) is 2.00. The van der Waals surface area contributed by atoms with E-state index in [1.807, 2.05) is 30.1 Å². The van der Waals surface area contributed by atoms with Crippen molar-refractivity contribution < 1.29 is 4.74 Å². The predicted octanol–water partition coefficient (Wildman–Crippen LogP) is 1.58. The lowest BCUT2D eigenvalue weighted by Crippen LogP contribution is -2.45. The van der Waals surface area contributed by atoms with Crippen LogP contribution in [0, 0.1) is 0 Å². The molecule has 1 atom stereocenters. The number of methoxy groups -OCH3 is 1. The van der Waals surface area contributed by atoms with Crippen LogP contribution in [-0.2, 0) is 13.6 Å². The molecule has 1 unspecified atom stereocenters. The Kier molecular flexibility index (Phi) is 4.22. The molecule has 5 heteroatoms. The Balaban J connectivity index is 1.84. The van der Waals surface area contributed by atoms with Crippen LogP contribution in [0.3, 0.4) is 0 Å². The summed E-state index contributed by atoms with van der Waals surface area (Å²) in [5.41, 5.74) is 2.35. The van der Waals surface area contributed by atoms with Gasteiger partial charge in [0, 0.05) is 45.0 Å². The number of aryl methyl sites for hydroxylation is 1. The van der Waals surface area contributed by atoms with Crippen LogP contribution in [0.1, 0.15) is 17.3 Å². The minimum Gasteiger partial charge on any atom is -0.496 e. The molecule has 0 spiro atoms. The number of hydrogen-bond donors (Lipinski definition) is 1. The van der Waals surface area contributed by atoms with Gasteiger partial charge in [-0.05, 0) is 12.1 Å². The van der Waals surface area contributed by atoms with Gasteiger partial charge in [0.1, 0.15) is 5.75 Å². The van der Waals surface area contributed by atoms with Crippen molar-refractivity contribution in [3.63, 3.8) is 0 Å². The molecule has 0 aliphatic carbocycles. The van der Waals surface area contributed by atoms with Crippen LogP contribution in [0.4, 0.5) is 0 Å². The molecular formula is C16H22N4O. The van der Waals surface area contributed by atoms with Crippen LogP contribution in [0.15, 0.2) is 36.5 Å². The van der Waals surface area contributed by atoms with Crippen molar-refractivity contribution in [2.45, 2.75) is 12.6 Å². The Bertz CT molecular complexity index is 595. The summed E-state index contributed by atoms with van der Waals surface area (Å²) >= 11 is 0. The summed E-state index contributed by atoms with van der Waals surface area (Å²) in [7, 11) is 3.69. The molecule has 1 N–H and O–H groups in total. The first kappa shape index (κ1) is 14.1. The lowest BCUT2D eigenvalue weighted by Gasteiger charge is -2.36. The maximum atomic E-state index is 5.53. The molecule has 3 rings (SSSR count). The normalized spacial score (nSPS) is 19.6. The zero-order valence-electron chi connectivity index (χ0n) is 12.6. The highest BCUT2D eigenvalue weighted by Crippen LogP contribution is 2.30. The molecule has 1 saturated heterocycles. The third-order valence-corrected chi connectivity index (χ3v) is 3.99. The van der Waals surface area contributed by atoms with Gasteiger partial charge in [0.05, 0.1) is 18.8 Å². The van der Waals surface area contributed by atoms with Gasteiger partial charge in [-0.2, -0.15) is 5.10 Å². The third kappa shape index (κ3) is 3.09. The molecule has 112 valence electrons. The van der Waals surface area contributed by atoms with Gasteiger partial charge in [0.25, 0.3) is 0 Å². The lowest BCUT2D eigenvalue weighted by atomic mass is 10.0. The molecule has 0 radical (unpaired) electrons. The molecule has 1 aromatic carbocycles. The standard InChI is InChI=1S/C16H22N4O/c1-19-9-7-13(18-19)12-20-10-8-17-11-15(20)14-5-3-4-6-16(14)21-2/h3-7,9,15,17H,8,10-12H2,1-2H3. The van der Waals surface area contributed by atoms with Crippen molar-refractivity contribution >= 4 is 0 Å². The quantitative estimate of drug-likeness (QED) is 0.926. The minimum absolute atomic E-state index is 0.317. The fourth-order valence-electron chi connectivity index (χ4n) is 2.94. The summed E-state index contributed by atoms with van der Waals surface area (Å²) in [4.78, 5) is 2.47. The monoisotopic (exact) mass is 286 g/mol. The van der Waals surface area contributed by atoms with Gasteiger partial charge in [-0.25, -0.2) is 0 Å². The van der Waals surface area contributed by atoms with Crippen molar-refractivity contribution in [1.82, 2.24) is 20.0 Å². The van der Waals surface area contributed by atoms with Crippen molar-refractivity contribution in [3.8, 4) is 5.75 Å². The molecule has 5 nitrogen and oxygen atoms in total. The number of para-hydroxylation sites is 1. The Morgan fingerprint density at radius 1 is 1.33 bits per heavy atom. The van der Waals surface area contributed by atoms with E-state index in [0.29, 0.717) is 6.04 Å². The smallest absolute Gasteiger partial charge is 0.123 e. The maximum Gasteiger partial charge on any atom is 0.123 e. The first-order valence-corrected chi connectivity index (χ1v) is 7.34. The highest BCUT2D eigenvalue weighted by molar-refractivity contribution is 5.36. The molecule has 0 saturated carbocycles. The SMILES string of the molecule is COc1ccccc1C1CNCCN1Cc1ccn(C)n1. The van der Waals surface area contributed by atoms with Crippen LogP contribution >= 0.6 is 0 Å². The van der Waals surface area contributed by atoms with Gasteiger partial charge in [-0.15, -0.1) is 0 Å². The Morgan fingerprint density at radius 2 is 2.19 bits per heavy atom. The molecule has 0 bridgehead atoms. The average Bonchev–Trinajstić information content (AvgIpc) is 2.93. The van der Waals surface area contributed by atoms with Gasteiger partial charge in [-0.1, -0.05) is 18.2 Å². The molecule has 2 aromatic rings. The minimum atomic E-state index is 0.317. The lowest BCUT2D eigenvalue weighted by molar-refractivity contribution is 0.149. The number of rotatable bonds is 4. The van der Waals surface area contributed by atoms with E-state index >= 15 is 0 Å². The van der Waals surface area contributed by atoms with Gasteiger partial charge >= 0.3 is 0 Å².